The van der Waals surface area contributed by atoms with Crippen molar-refractivity contribution in [2.75, 3.05) is 46.0 Å². The second-order valence-electron chi connectivity index (χ2n) is 7.79. The van der Waals surface area contributed by atoms with Crippen LogP contribution >= 0.6 is 0 Å². The molecule has 0 bridgehead atoms. The standard InChI is InChI=1S/C22H31N3O3/c1-18-4-2-9-25(18)10-3-13-27-21-7-5-19(6-8-21)22-23-20(17-28-22)16-24-11-14-26-15-12-24/h5-8,17-18H,2-4,9-16H2,1H3. The number of nitrogens with zero attached hydrogens (tertiary/aromatic N) is 3. The van der Waals surface area contributed by atoms with Crippen molar-refractivity contribution in [2.24, 2.45) is 0 Å². The van der Waals surface area contributed by atoms with Crippen LogP contribution in [0.2, 0.25) is 0 Å². The Balaban J connectivity index is 1.24. The Kier molecular flexibility index (Phi) is 6.62. The molecule has 0 spiro atoms. The third-order valence-corrected chi connectivity index (χ3v) is 5.69. The summed E-state index contributed by atoms with van der Waals surface area (Å²) in [7, 11) is 0. The normalized spacial score (nSPS) is 21.2. The van der Waals surface area contributed by atoms with E-state index in [2.05, 4.69) is 21.7 Å². The molecule has 2 saturated heterocycles. The van der Waals surface area contributed by atoms with E-state index < -0.39 is 0 Å². The van der Waals surface area contributed by atoms with E-state index in [1.165, 1.54) is 19.4 Å². The fraction of sp³-hybridized carbons (Fsp3) is 0.591. The summed E-state index contributed by atoms with van der Waals surface area (Å²) >= 11 is 0. The van der Waals surface area contributed by atoms with Gasteiger partial charge in [0.2, 0.25) is 5.89 Å². The lowest BCUT2D eigenvalue weighted by atomic mass is 10.2. The van der Waals surface area contributed by atoms with Crippen LogP contribution in [-0.2, 0) is 11.3 Å². The molecule has 1 aromatic heterocycles. The first-order chi connectivity index (χ1) is 13.8. The lowest BCUT2D eigenvalue weighted by molar-refractivity contribution is 0.0336. The molecule has 0 N–H and O–H groups in total. The number of hydrogen-bond acceptors (Lipinski definition) is 6. The Morgan fingerprint density at radius 3 is 2.71 bits per heavy atom. The number of ether oxygens (including phenoxy) is 2. The van der Waals surface area contributed by atoms with Crippen LogP contribution in [0, 0.1) is 0 Å². The van der Waals surface area contributed by atoms with Crippen molar-refractivity contribution in [3.05, 3.63) is 36.2 Å². The summed E-state index contributed by atoms with van der Waals surface area (Å²) in [5, 5.41) is 0. The lowest BCUT2D eigenvalue weighted by Gasteiger charge is -2.25. The highest BCUT2D eigenvalue weighted by Gasteiger charge is 2.19. The van der Waals surface area contributed by atoms with Gasteiger partial charge in [-0.2, -0.15) is 0 Å². The van der Waals surface area contributed by atoms with Gasteiger partial charge in [-0.3, -0.25) is 4.90 Å². The van der Waals surface area contributed by atoms with Crippen molar-refractivity contribution >= 4 is 0 Å². The fourth-order valence-corrected chi connectivity index (χ4v) is 3.98. The Morgan fingerprint density at radius 2 is 1.96 bits per heavy atom. The number of rotatable bonds is 8. The van der Waals surface area contributed by atoms with Gasteiger partial charge >= 0.3 is 0 Å². The zero-order chi connectivity index (χ0) is 19.2. The molecule has 28 heavy (non-hydrogen) atoms. The topological polar surface area (TPSA) is 51.0 Å². The van der Waals surface area contributed by atoms with Crippen LogP contribution in [0.3, 0.4) is 0 Å². The molecule has 0 radical (unpaired) electrons. The average Bonchev–Trinajstić information content (AvgIpc) is 3.36. The second-order valence-corrected chi connectivity index (χ2v) is 7.79. The molecule has 2 aliphatic rings. The highest BCUT2D eigenvalue weighted by Crippen LogP contribution is 2.23. The zero-order valence-electron chi connectivity index (χ0n) is 16.8. The van der Waals surface area contributed by atoms with Crippen molar-refractivity contribution in [3.63, 3.8) is 0 Å². The van der Waals surface area contributed by atoms with Crippen LogP contribution in [0.25, 0.3) is 11.5 Å². The van der Waals surface area contributed by atoms with Gasteiger partial charge < -0.3 is 18.8 Å². The van der Waals surface area contributed by atoms with Crippen molar-refractivity contribution < 1.29 is 13.9 Å². The number of oxazole rings is 1. The highest BCUT2D eigenvalue weighted by molar-refractivity contribution is 5.54. The quantitative estimate of drug-likeness (QED) is 0.649. The first kappa shape index (κ1) is 19.4. The van der Waals surface area contributed by atoms with E-state index in [-0.39, 0.29) is 0 Å². The van der Waals surface area contributed by atoms with Crippen LogP contribution in [0.4, 0.5) is 0 Å². The first-order valence-electron chi connectivity index (χ1n) is 10.5. The Morgan fingerprint density at radius 1 is 1.14 bits per heavy atom. The molecule has 2 fully saturated rings. The molecule has 152 valence electrons. The second kappa shape index (κ2) is 9.54. The van der Waals surface area contributed by atoms with Gasteiger partial charge in [0.05, 0.1) is 25.5 Å². The van der Waals surface area contributed by atoms with E-state index in [0.29, 0.717) is 5.89 Å². The molecule has 0 aliphatic carbocycles. The maximum atomic E-state index is 5.90. The number of aromatic nitrogens is 1. The number of hydrogen-bond donors (Lipinski definition) is 0. The summed E-state index contributed by atoms with van der Waals surface area (Å²) in [5.41, 5.74) is 1.94. The highest BCUT2D eigenvalue weighted by atomic mass is 16.5. The van der Waals surface area contributed by atoms with Crippen molar-refractivity contribution in [2.45, 2.75) is 38.8 Å². The van der Waals surface area contributed by atoms with Gasteiger partial charge in [0.15, 0.2) is 0 Å². The molecule has 1 unspecified atom stereocenters. The molecule has 1 atom stereocenters. The van der Waals surface area contributed by atoms with Crippen LogP contribution in [0.5, 0.6) is 5.75 Å². The summed E-state index contributed by atoms with van der Waals surface area (Å²) < 4.78 is 17.0. The minimum atomic E-state index is 0.665. The summed E-state index contributed by atoms with van der Waals surface area (Å²) in [6.45, 7) is 9.74. The number of morpholine rings is 1. The predicted molar refractivity (Wildman–Crippen MR) is 108 cm³/mol. The van der Waals surface area contributed by atoms with Gasteiger partial charge in [0, 0.05) is 37.8 Å². The van der Waals surface area contributed by atoms with Crippen LogP contribution in [0.1, 0.15) is 31.9 Å². The minimum Gasteiger partial charge on any atom is -0.494 e. The summed E-state index contributed by atoms with van der Waals surface area (Å²) in [4.78, 5) is 9.53. The third kappa shape index (κ3) is 5.13. The SMILES string of the molecule is CC1CCCN1CCCOc1ccc(-c2nc(CN3CCOCC3)co2)cc1. The maximum Gasteiger partial charge on any atom is 0.226 e. The predicted octanol–water partition coefficient (Wildman–Crippen LogP) is 3.43. The van der Waals surface area contributed by atoms with Crippen molar-refractivity contribution in [1.82, 2.24) is 14.8 Å². The molecule has 6 heteroatoms. The first-order valence-corrected chi connectivity index (χ1v) is 10.5. The van der Waals surface area contributed by atoms with Gasteiger partial charge in [-0.25, -0.2) is 4.98 Å². The number of likely N-dealkylation sites (tertiary alicyclic amines) is 1. The van der Waals surface area contributed by atoms with E-state index in [9.17, 15) is 0 Å². The van der Waals surface area contributed by atoms with E-state index >= 15 is 0 Å². The molecule has 2 aliphatic heterocycles. The van der Waals surface area contributed by atoms with Gasteiger partial charge in [-0.1, -0.05) is 0 Å². The van der Waals surface area contributed by atoms with Crippen molar-refractivity contribution in [3.8, 4) is 17.2 Å². The van der Waals surface area contributed by atoms with E-state index in [1.54, 1.807) is 6.26 Å². The van der Waals surface area contributed by atoms with Gasteiger partial charge in [-0.05, 0) is 57.0 Å². The Hall–Kier alpha value is -1.89. The van der Waals surface area contributed by atoms with E-state index in [1.807, 2.05) is 24.3 Å². The van der Waals surface area contributed by atoms with Crippen LogP contribution in [0.15, 0.2) is 34.9 Å². The van der Waals surface area contributed by atoms with Gasteiger partial charge in [0.1, 0.15) is 12.0 Å². The summed E-state index contributed by atoms with van der Waals surface area (Å²) in [5.74, 6) is 1.57. The third-order valence-electron chi connectivity index (χ3n) is 5.69. The molecule has 6 nitrogen and oxygen atoms in total. The fourth-order valence-electron chi connectivity index (χ4n) is 3.98. The lowest BCUT2D eigenvalue weighted by Crippen LogP contribution is -2.35. The monoisotopic (exact) mass is 385 g/mol. The molecule has 0 saturated carbocycles. The molecular weight excluding hydrogens is 354 g/mol. The number of benzene rings is 1. The summed E-state index contributed by atoms with van der Waals surface area (Å²) in [6, 6.07) is 8.76. The molecule has 1 aromatic carbocycles. The van der Waals surface area contributed by atoms with Gasteiger partial charge in [0.25, 0.3) is 0 Å². The molecule has 3 heterocycles. The zero-order valence-corrected chi connectivity index (χ0v) is 16.8. The smallest absolute Gasteiger partial charge is 0.226 e. The average molecular weight is 386 g/mol. The molecular formula is C22H31N3O3. The Labute approximate surface area is 167 Å². The van der Waals surface area contributed by atoms with Gasteiger partial charge in [-0.15, -0.1) is 0 Å². The summed E-state index contributed by atoms with van der Waals surface area (Å²) in [6.07, 6.45) is 5.49. The Bertz CT molecular complexity index is 725. The maximum absolute atomic E-state index is 5.90. The van der Waals surface area contributed by atoms with Crippen molar-refractivity contribution in [1.29, 1.82) is 0 Å². The van der Waals surface area contributed by atoms with E-state index in [0.717, 1.165) is 75.5 Å². The van der Waals surface area contributed by atoms with Crippen LogP contribution < -0.4 is 4.74 Å². The van der Waals surface area contributed by atoms with Crippen LogP contribution in [-0.4, -0.2) is 66.8 Å². The van der Waals surface area contributed by atoms with E-state index in [4.69, 9.17) is 13.9 Å². The minimum absolute atomic E-state index is 0.665. The molecule has 4 rings (SSSR count). The molecule has 2 aromatic rings. The largest absolute Gasteiger partial charge is 0.494 e. The molecule has 0 amide bonds.